The van der Waals surface area contributed by atoms with E-state index in [-0.39, 0.29) is 0 Å². The van der Waals surface area contributed by atoms with Crippen LogP contribution < -0.4 is 11.1 Å². The van der Waals surface area contributed by atoms with Crippen molar-refractivity contribution in [1.29, 1.82) is 0 Å². The molecule has 0 fully saturated rings. The van der Waals surface area contributed by atoms with Crippen LogP contribution in [-0.4, -0.2) is 16.2 Å². The number of nitrogens with two attached hydrogens (primary N) is 1. The molecule has 0 aromatic carbocycles. The van der Waals surface area contributed by atoms with E-state index in [4.69, 9.17) is 5.73 Å². The van der Waals surface area contributed by atoms with Crippen molar-refractivity contribution < 1.29 is 0 Å². The van der Waals surface area contributed by atoms with Gasteiger partial charge in [-0.3, -0.25) is 0 Å². The first-order valence-electron chi connectivity index (χ1n) is 6.50. The molecular formula is C14H22N4. The molecule has 0 bridgehead atoms. The number of fused-ring (bicyclic) bond motifs is 1. The largest absolute Gasteiger partial charge is 0.394 e. The summed E-state index contributed by atoms with van der Waals surface area (Å²) < 4.78 is 1.81. The van der Waals surface area contributed by atoms with Gasteiger partial charge in [0, 0.05) is 12.7 Å². The van der Waals surface area contributed by atoms with E-state index in [0.29, 0.717) is 5.41 Å². The fourth-order valence-electron chi connectivity index (χ4n) is 1.84. The Bertz CT molecular complexity index is 528. The van der Waals surface area contributed by atoms with Crippen LogP contribution in [0.5, 0.6) is 0 Å². The molecule has 2 aromatic rings. The van der Waals surface area contributed by atoms with Crippen LogP contribution in [0.15, 0.2) is 24.4 Å². The van der Waals surface area contributed by atoms with Crippen LogP contribution in [0.2, 0.25) is 0 Å². The summed E-state index contributed by atoms with van der Waals surface area (Å²) in [5.74, 6) is 0.785. The van der Waals surface area contributed by atoms with Gasteiger partial charge in [-0.05, 0) is 24.0 Å². The number of pyridine rings is 1. The van der Waals surface area contributed by atoms with Crippen molar-refractivity contribution in [2.24, 2.45) is 5.41 Å². The van der Waals surface area contributed by atoms with Crippen LogP contribution in [0.25, 0.3) is 5.52 Å². The van der Waals surface area contributed by atoms with Crippen molar-refractivity contribution >= 4 is 17.0 Å². The molecule has 4 nitrogen and oxygen atoms in total. The van der Waals surface area contributed by atoms with E-state index in [1.165, 1.54) is 6.42 Å². The Labute approximate surface area is 108 Å². The molecule has 0 spiro atoms. The van der Waals surface area contributed by atoms with Gasteiger partial charge in [-0.25, -0.2) is 4.52 Å². The lowest BCUT2D eigenvalue weighted by Crippen LogP contribution is -2.16. The van der Waals surface area contributed by atoms with Gasteiger partial charge in [0.2, 0.25) is 0 Å². The number of aromatic nitrogens is 2. The van der Waals surface area contributed by atoms with Gasteiger partial charge in [-0.15, -0.1) is 5.10 Å². The first-order chi connectivity index (χ1) is 8.53. The zero-order valence-corrected chi connectivity index (χ0v) is 11.4. The van der Waals surface area contributed by atoms with E-state index >= 15 is 0 Å². The first kappa shape index (κ1) is 12.7. The van der Waals surface area contributed by atoms with Gasteiger partial charge in [0.05, 0.1) is 5.52 Å². The highest BCUT2D eigenvalue weighted by Crippen LogP contribution is 2.26. The third-order valence-corrected chi connectivity index (χ3v) is 3.63. The van der Waals surface area contributed by atoms with Crippen molar-refractivity contribution in [2.75, 3.05) is 17.6 Å². The Morgan fingerprint density at radius 2 is 2.17 bits per heavy atom. The second-order valence-corrected chi connectivity index (χ2v) is 5.49. The maximum Gasteiger partial charge on any atom is 0.172 e. The highest BCUT2D eigenvalue weighted by Gasteiger charge is 2.15. The molecule has 2 heterocycles. The quantitative estimate of drug-likeness (QED) is 0.852. The lowest BCUT2D eigenvalue weighted by atomic mass is 9.87. The van der Waals surface area contributed by atoms with E-state index in [1.807, 2.05) is 28.9 Å². The SMILES string of the molecule is CCC(C)(C)CCNc1nn2ccccc2c1N. The van der Waals surface area contributed by atoms with Gasteiger partial charge >= 0.3 is 0 Å². The monoisotopic (exact) mass is 246 g/mol. The summed E-state index contributed by atoms with van der Waals surface area (Å²) in [7, 11) is 0. The predicted octanol–water partition coefficient (Wildman–Crippen LogP) is 3.15. The lowest BCUT2D eigenvalue weighted by Gasteiger charge is -2.22. The maximum atomic E-state index is 6.08. The molecule has 0 aliphatic rings. The van der Waals surface area contributed by atoms with Crippen molar-refractivity contribution in [2.45, 2.75) is 33.6 Å². The van der Waals surface area contributed by atoms with Crippen LogP contribution in [0.1, 0.15) is 33.6 Å². The molecule has 0 radical (unpaired) electrons. The fraction of sp³-hybridized carbons (Fsp3) is 0.500. The van der Waals surface area contributed by atoms with Crippen LogP contribution in [-0.2, 0) is 0 Å². The molecule has 0 unspecified atom stereocenters. The van der Waals surface area contributed by atoms with Crippen LogP contribution in [0, 0.1) is 5.41 Å². The summed E-state index contributed by atoms with van der Waals surface area (Å²) in [4.78, 5) is 0. The average Bonchev–Trinajstić information content (AvgIpc) is 2.67. The minimum absolute atomic E-state index is 0.362. The molecule has 98 valence electrons. The Morgan fingerprint density at radius 1 is 1.39 bits per heavy atom. The smallest absolute Gasteiger partial charge is 0.172 e. The molecule has 4 heteroatoms. The predicted molar refractivity (Wildman–Crippen MR) is 76.8 cm³/mol. The summed E-state index contributed by atoms with van der Waals surface area (Å²) in [5.41, 5.74) is 8.12. The highest BCUT2D eigenvalue weighted by atomic mass is 15.3. The molecule has 18 heavy (non-hydrogen) atoms. The van der Waals surface area contributed by atoms with Crippen molar-refractivity contribution in [3.63, 3.8) is 0 Å². The van der Waals surface area contributed by atoms with E-state index < -0.39 is 0 Å². The number of nitrogens with one attached hydrogen (secondary N) is 1. The number of rotatable bonds is 5. The van der Waals surface area contributed by atoms with E-state index in [2.05, 4.69) is 31.2 Å². The van der Waals surface area contributed by atoms with Crippen LogP contribution in [0.3, 0.4) is 0 Å². The Balaban J connectivity index is 2.06. The summed E-state index contributed by atoms with van der Waals surface area (Å²) in [6.07, 6.45) is 4.19. The summed E-state index contributed by atoms with van der Waals surface area (Å²) in [6.45, 7) is 7.68. The van der Waals surface area contributed by atoms with E-state index in [1.54, 1.807) is 0 Å². The molecular weight excluding hydrogens is 224 g/mol. The fourth-order valence-corrected chi connectivity index (χ4v) is 1.84. The normalized spacial score (nSPS) is 11.9. The number of hydrogen-bond acceptors (Lipinski definition) is 3. The first-order valence-corrected chi connectivity index (χ1v) is 6.50. The van der Waals surface area contributed by atoms with Gasteiger partial charge < -0.3 is 11.1 Å². The Hall–Kier alpha value is -1.71. The van der Waals surface area contributed by atoms with E-state index in [9.17, 15) is 0 Å². The number of nitrogens with zero attached hydrogens (tertiary/aromatic N) is 2. The average molecular weight is 246 g/mol. The van der Waals surface area contributed by atoms with Crippen molar-refractivity contribution in [3.05, 3.63) is 24.4 Å². The van der Waals surface area contributed by atoms with Crippen molar-refractivity contribution in [1.82, 2.24) is 9.61 Å². The molecule has 0 aliphatic heterocycles. The lowest BCUT2D eigenvalue weighted by molar-refractivity contribution is 0.332. The molecule has 0 aliphatic carbocycles. The Morgan fingerprint density at radius 3 is 2.83 bits per heavy atom. The van der Waals surface area contributed by atoms with Gasteiger partial charge in [-0.2, -0.15) is 0 Å². The second kappa shape index (κ2) is 4.88. The molecule has 2 rings (SSSR count). The van der Waals surface area contributed by atoms with Gasteiger partial charge in [0.1, 0.15) is 5.69 Å². The standard InChI is InChI=1S/C14H22N4/c1-4-14(2,3)8-9-16-13-12(15)11-7-5-6-10-18(11)17-13/h5-7,10H,4,8-9,15H2,1-3H3,(H,16,17). The summed E-state index contributed by atoms with van der Waals surface area (Å²) in [5, 5.41) is 7.77. The van der Waals surface area contributed by atoms with Gasteiger partial charge in [0.15, 0.2) is 5.82 Å². The molecule has 0 amide bonds. The van der Waals surface area contributed by atoms with Gasteiger partial charge in [-0.1, -0.05) is 33.3 Å². The highest BCUT2D eigenvalue weighted by molar-refractivity contribution is 5.80. The van der Waals surface area contributed by atoms with Crippen molar-refractivity contribution in [3.8, 4) is 0 Å². The van der Waals surface area contributed by atoms with E-state index in [0.717, 1.165) is 30.0 Å². The molecule has 0 saturated carbocycles. The van der Waals surface area contributed by atoms with Gasteiger partial charge in [0.25, 0.3) is 0 Å². The number of hydrogen-bond donors (Lipinski definition) is 2. The molecule has 0 saturated heterocycles. The molecule has 3 N–H and O–H groups in total. The second-order valence-electron chi connectivity index (χ2n) is 5.49. The summed E-state index contributed by atoms with van der Waals surface area (Å²) in [6, 6.07) is 5.89. The third-order valence-electron chi connectivity index (χ3n) is 3.63. The molecule has 2 aromatic heterocycles. The van der Waals surface area contributed by atoms with Crippen LogP contribution >= 0.6 is 0 Å². The minimum Gasteiger partial charge on any atom is -0.394 e. The number of nitrogen functional groups attached to an aromatic ring is 1. The zero-order valence-electron chi connectivity index (χ0n) is 11.4. The topological polar surface area (TPSA) is 55.4 Å². The maximum absolute atomic E-state index is 6.08. The Kier molecular flexibility index (Phi) is 3.45. The summed E-state index contributed by atoms with van der Waals surface area (Å²) >= 11 is 0. The van der Waals surface area contributed by atoms with Crippen LogP contribution in [0.4, 0.5) is 11.5 Å². The third kappa shape index (κ3) is 2.58. The molecule has 0 atom stereocenters. The minimum atomic E-state index is 0.362. The number of anilines is 2. The zero-order chi connectivity index (χ0) is 13.2.